The summed E-state index contributed by atoms with van der Waals surface area (Å²) in [6, 6.07) is 0.715. The molecule has 1 nitrogen and oxygen atoms in total. The van der Waals surface area contributed by atoms with Crippen LogP contribution in [0.4, 0.5) is 0 Å². The van der Waals surface area contributed by atoms with Gasteiger partial charge in [-0.2, -0.15) is 0 Å². The second-order valence-electron chi connectivity index (χ2n) is 8.24. The normalized spacial score (nSPS) is 25.6. The molecule has 1 N–H and O–H groups in total. The van der Waals surface area contributed by atoms with Gasteiger partial charge in [-0.25, -0.2) is 0 Å². The first-order valence-corrected chi connectivity index (χ1v) is 9.16. The van der Waals surface area contributed by atoms with E-state index in [2.05, 4.69) is 39.9 Å². The van der Waals surface area contributed by atoms with Crippen molar-refractivity contribution in [2.75, 3.05) is 6.54 Å². The molecule has 0 aliphatic heterocycles. The lowest BCUT2D eigenvalue weighted by molar-refractivity contribution is 0.147. The Morgan fingerprint density at radius 1 is 1.00 bits per heavy atom. The van der Waals surface area contributed by atoms with Gasteiger partial charge in [-0.05, 0) is 62.8 Å². The molecule has 0 aromatic rings. The van der Waals surface area contributed by atoms with Crippen molar-refractivity contribution in [3.05, 3.63) is 0 Å². The Morgan fingerprint density at radius 3 is 2.20 bits per heavy atom. The molecule has 0 aromatic carbocycles. The zero-order chi connectivity index (χ0) is 15.0. The maximum absolute atomic E-state index is 3.78. The van der Waals surface area contributed by atoms with E-state index < -0.39 is 0 Å². The van der Waals surface area contributed by atoms with Gasteiger partial charge in [-0.3, -0.25) is 0 Å². The van der Waals surface area contributed by atoms with E-state index in [-0.39, 0.29) is 0 Å². The maximum atomic E-state index is 3.78. The molecule has 0 spiro atoms. The molecule has 1 aliphatic rings. The van der Waals surface area contributed by atoms with Crippen LogP contribution in [0.1, 0.15) is 92.4 Å². The predicted molar refractivity (Wildman–Crippen MR) is 91.1 cm³/mol. The molecule has 0 radical (unpaired) electrons. The van der Waals surface area contributed by atoms with Crippen molar-refractivity contribution >= 4 is 0 Å². The SMILES string of the molecule is CCCCCCC(C)NCC1CCC(C(C)(C)C)CC1. The Labute approximate surface area is 128 Å². The fourth-order valence-electron chi connectivity index (χ4n) is 3.58. The maximum Gasteiger partial charge on any atom is 0.00388 e. The van der Waals surface area contributed by atoms with Gasteiger partial charge in [0.25, 0.3) is 0 Å². The summed E-state index contributed by atoms with van der Waals surface area (Å²) in [6.45, 7) is 13.1. The zero-order valence-electron chi connectivity index (χ0n) is 14.8. The minimum absolute atomic E-state index is 0.519. The third-order valence-electron chi connectivity index (χ3n) is 5.32. The largest absolute Gasteiger partial charge is 0.314 e. The molecule has 1 saturated carbocycles. The minimum atomic E-state index is 0.519. The van der Waals surface area contributed by atoms with E-state index in [9.17, 15) is 0 Å². The van der Waals surface area contributed by atoms with Crippen LogP contribution < -0.4 is 5.32 Å². The highest BCUT2D eigenvalue weighted by Crippen LogP contribution is 2.39. The van der Waals surface area contributed by atoms with Crippen LogP contribution in [0, 0.1) is 17.3 Å². The molecule has 0 amide bonds. The average Bonchev–Trinajstić information content (AvgIpc) is 2.41. The monoisotopic (exact) mass is 281 g/mol. The fourth-order valence-corrected chi connectivity index (χ4v) is 3.58. The number of rotatable bonds is 8. The zero-order valence-corrected chi connectivity index (χ0v) is 14.8. The van der Waals surface area contributed by atoms with Crippen LogP contribution in [-0.4, -0.2) is 12.6 Å². The molecule has 1 unspecified atom stereocenters. The predicted octanol–water partition coefficient (Wildman–Crippen LogP) is 5.79. The van der Waals surface area contributed by atoms with Gasteiger partial charge in [-0.15, -0.1) is 0 Å². The molecule has 1 fully saturated rings. The second-order valence-corrected chi connectivity index (χ2v) is 8.24. The summed E-state index contributed by atoms with van der Waals surface area (Å²) in [5.74, 6) is 1.89. The van der Waals surface area contributed by atoms with Crippen LogP contribution in [-0.2, 0) is 0 Å². The molecular weight excluding hydrogens is 242 g/mol. The van der Waals surface area contributed by atoms with Crippen molar-refractivity contribution in [3.8, 4) is 0 Å². The lowest BCUT2D eigenvalue weighted by Gasteiger charge is -2.37. The molecule has 1 heteroatoms. The summed E-state index contributed by atoms with van der Waals surface area (Å²) < 4.78 is 0. The topological polar surface area (TPSA) is 12.0 Å². The van der Waals surface area contributed by atoms with Crippen molar-refractivity contribution in [2.45, 2.75) is 98.4 Å². The molecule has 0 saturated heterocycles. The third-order valence-corrected chi connectivity index (χ3v) is 5.32. The van der Waals surface area contributed by atoms with Gasteiger partial charge in [0.05, 0.1) is 0 Å². The Balaban J connectivity index is 2.09. The summed E-state index contributed by atoms with van der Waals surface area (Å²) >= 11 is 0. The highest BCUT2D eigenvalue weighted by Gasteiger charge is 2.29. The van der Waals surface area contributed by atoms with Crippen LogP contribution in [0.15, 0.2) is 0 Å². The first-order chi connectivity index (χ1) is 9.43. The summed E-state index contributed by atoms with van der Waals surface area (Å²) in [4.78, 5) is 0. The lowest BCUT2D eigenvalue weighted by atomic mass is 9.70. The van der Waals surface area contributed by atoms with Gasteiger partial charge >= 0.3 is 0 Å². The standard InChI is InChI=1S/C19H39N/c1-6-7-8-9-10-16(2)20-15-17-11-13-18(14-12-17)19(3,4)5/h16-18,20H,6-15H2,1-5H3. The van der Waals surface area contributed by atoms with E-state index in [1.54, 1.807) is 0 Å². The van der Waals surface area contributed by atoms with Crippen LogP contribution in [0.5, 0.6) is 0 Å². The van der Waals surface area contributed by atoms with Crippen molar-refractivity contribution < 1.29 is 0 Å². The van der Waals surface area contributed by atoms with E-state index in [1.807, 2.05) is 0 Å². The molecule has 1 rings (SSSR count). The molecular formula is C19H39N. The molecule has 0 bridgehead atoms. The molecule has 0 aromatic heterocycles. The quantitative estimate of drug-likeness (QED) is 0.555. The van der Waals surface area contributed by atoms with Crippen molar-refractivity contribution in [3.63, 3.8) is 0 Å². The summed E-state index contributed by atoms with van der Waals surface area (Å²) in [5, 5.41) is 3.78. The van der Waals surface area contributed by atoms with E-state index in [4.69, 9.17) is 0 Å². The Kier molecular flexibility index (Phi) is 8.17. The van der Waals surface area contributed by atoms with Gasteiger partial charge in [-0.1, -0.05) is 53.4 Å². The molecule has 1 atom stereocenters. The molecule has 20 heavy (non-hydrogen) atoms. The van der Waals surface area contributed by atoms with Gasteiger partial charge < -0.3 is 5.32 Å². The smallest absolute Gasteiger partial charge is 0.00388 e. The lowest BCUT2D eigenvalue weighted by Crippen LogP contribution is -2.34. The van der Waals surface area contributed by atoms with E-state index in [0.717, 1.165) is 11.8 Å². The fraction of sp³-hybridized carbons (Fsp3) is 1.00. The van der Waals surface area contributed by atoms with Crippen molar-refractivity contribution in [1.82, 2.24) is 5.32 Å². The van der Waals surface area contributed by atoms with E-state index in [0.29, 0.717) is 11.5 Å². The number of unbranched alkanes of at least 4 members (excludes halogenated alkanes) is 3. The first kappa shape index (κ1) is 18.0. The van der Waals surface area contributed by atoms with Gasteiger partial charge in [0.15, 0.2) is 0 Å². The summed E-state index contributed by atoms with van der Waals surface area (Å²) in [5.41, 5.74) is 0.519. The van der Waals surface area contributed by atoms with E-state index in [1.165, 1.54) is 64.3 Å². The summed E-state index contributed by atoms with van der Waals surface area (Å²) in [6.07, 6.45) is 12.7. The summed E-state index contributed by atoms with van der Waals surface area (Å²) in [7, 11) is 0. The van der Waals surface area contributed by atoms with Gasteiger partial charge in [0.1, 0.15) is 0 Å². The van der Waals surface area contributed by atoms with E-state index >= 15 is 0 Å². The highest BCUT2D eigenvalue weighted by molar-refractivity contribution is 4.81. The number of hydrogen-bond acceptors (Lipinski definition) is 1. The Morgan fingerprint density at radius 2 is 1.65 bits per heavy atom. The Bertz CT molecular complexity index is 233. The average molecular weight is 282 g/mol. The highest BCUT2D eigenvalue weighted by atomic mass is 14.9. The number of nitrogens with one attached hydrogen (secondary N) is 1. The van der Waals surface area contributed by atoms with Gasteiger partial charge in [0.2, 0.25) is 0 Å². The first-order valence-electron chi connectivity index (χ1n) is 9.16. The van der Waals surface area contributed by atoms with Crippen LogP contribution in [0.25, 0.3) is 0 Å². The Hall–Kier alpha value is -0.0400. The second kappa shape index (κ2) is 9.07. The number of hydrogen-bond donors (Lipinski definition) is 1. The van der Waals surface area contributed by atoms with Crippen LogP contribution in [0.3, 0.4) is 0 Å². The van der Waals surface area contributed by atoms with Crippen molar-refractivity contribution in [1.29, 1.82) is 0 Å². The molecule has 0 heterocycles. The molecule has 120 valence electrons. The molecule has 1 aliphatic carbocycles. The van der Waals surface area contributed by atoms with Crippen molar-refractivity contribution in [2.24, 2.45) is 17.3 Å². The van der Waals surface area contributed by atoms with Crippen LogP contribution in [0.2, 0.25) is 0 Å². The van der Waals surface area contributed by atoms with Crippen LogP contribution >= 0.6 is 0 Å². The van der Waals surface area contributed by atoms with Gasteiger partial charge in [0, 0.05) is 6.04 Å². The third kappa shape index (κ3) is 7.11. The minimum Gasteiger partial charge on any atom is -0.314 e.